The molecular formula is C11H15N3O2. The molecule has 2 bridgehead atoms. The van der Waals surface area contributed by atoms with Gasteiger partial charge in [-0.3, -0.25) is 9.59 Å². The molecule has 2 rings (SSSR count). The Kier molecular flexibility index (Phi) is 1.79. The van der Waals surface area contributed by atoms with E-state index in [1.165, 1.54) is 0 Å². The fourth-order valence-corrected chi connectivity index (χ4v) is 3.48. The van der Waals surface area contributed by atoms with Crippen molar-refractivity contribution in [1.29, 1.82) is 0 Å². The van der Waals surface area contributed by atoms with Crippen molar-refractivity contribution < 1.29 is 14.4 Å². The third-order valence-electron chi connectivity index (χ3n) is 5.09. The monoisotopic (exact) mass is 221 g/mol. The first-order valence-corrected chi connectivity index (χ1v) is 5.33. The lowest BCUT2D eigenvalue weighted by molar-refractivity contribution is -0.130. The van der Waals surface area contributed by atoms with Crippen LogP contribution in [0.25, 0.3) is 5.53 Å². The number of amides is 1. The Morgan fingerprint density at radius 1 is 1.38 bits per heavy atom. The third kappa shape index (κ3) is 0.736. The van der Waals surface area contributed by atoms with Gasteiger partial charge in [-0.15, -0.1) is 0 Å². The van der Waals surface area contributed by atoms with Crippen molar-refractivity contribution in [1.82, 2.24) is 0 Å². The molecule has 0 heterocycles. The lowest BCUT2D eigenvalue weighted by atomic mass is 9.64. The summed E-state index contributed by atoms with van der Waals surface area (Å²) in [6, 6.07) is 0. The van der Waals surface area contributed by atoms with E-state index in [0.717, 1.165) is 0 Å². The first-order chi connectivity index (χ1) is 7.25. The summed E-state index contributed by atoms with van der Waals surface area (Å²) in [4.78, 5) is 26.9. The summed E-state index contributed by atoms with van der Waals surface area (Å²) >= 11 is 0. The van der Waals surface area contributed by atoms with E-state index in [2.05, 4.69) is 4.79 Å². The molecule has 0 saturated heterocycles. The molecule has 5 heteroatoms. The second-order valence-electron chi connectivity index (χ2n) is 5.50. The Bertz CT molecular complexity index is 462. The molecule has 2 atom stereocenters. The third-order valence-corrected chi connectivity index (χ3v) is 5.09. The molecule has 0 spiro atoms. The molecule has 0 aromatic heterocycles. The first kappa shape index (κ1) is 11.0. The van der Waals surface area contributed by atoms with Crippen LogP contribution < -0.4 is 5.73 Å². The quantitative estimate of drug-likeness (QED) is 0.516. The number of hydrogen-bond acceptors (Lipinski definition) is 2. The van der Waals surface area contributed by atoms with Gasteiger partial charge in [-0.05, 0) is 12.8 Å². The van der Waals surface area contributed by atoms with Crippen molar-refractivity contribution in [3.8, 4) is 0 Å². The first-order valence-electron chi connectivity index (χ1n) is 5.33. The van der Waals surface area contributed by atoms with Gasteiger partial charge >= 0.3 is 5.71 Å². The maximum absolute atomic E-state index is 12.1. The fraction of sp³-hybridized carbons (Fsp3) is 0.727. The molecule has 2 aliphatic rings. The van der Waals surface area contributed by atoms with Crippen LogP contribution in [0.4, 0.5) is 0 Å². The van der Waals surface area contributed by atoms with Crippen LogP contribution >= 0.6 is 0 Å². The Hall–Kier alpha value is -1.48. The van der Waals surface area contributed by atoms with Gasteiger partial charge in [0.15, 0.2) is 5.41 Å². The summed E-state index contributed by atoms with van der Waals surface area (Å²) in [5, 5.41) is 0. The zero-order valence-electron chi connectivity index (χ0n) is 9.70. The van der Waals surface area contributed by atoms with Gasteiger partial charge in [0.2, 0.25) is 11.7 Å². The normalized spacial score (nSPS) is 39.9. The van der Waals surface area contributed by atoms with Crippen LogP contribution in [0.2, 0.25) is 0 Å². The highest BCUT2D eigenvalue weighted by molar-refractivity contribution is 6.48. The van der Waals surface area contributed by atoms with E-state index < -0.39 is 22.2 Å². The van der Waals surface area contributed by atoms with Gasteiger partial charge in [-0.1, -0.05) is 20.8 Å². The largest absolute Gasteiger partial charge is 0.369 e. The van der Waals surface area contributed by atoms with Crippen molar-refractivity contribution in [2.75, 3.05) is 0 Å². The number of primary amides is 1. The van der Waals surface area contributed by atoms with Gasteiger partial charge in [0.05, 0.1) is 0 Å². The summed E-state index contributed by atoms with van der Waals surface area (Å²) in [5.41, 5.74) is 12.0. The van der Waals surface area contributed by atoms with Gasteiger partial charge in [0.1, 0.15) is 0 Å². The minimum absolute atomic E-state index is 0.0567. The summed E-state index contributed by atoms with van der Waals surface area (Å²) in [7, 11) is 0. The number of nitrogens with zero attached hydrogens (tertiary/aromatic N) is 2. The number of hydrogen-bond donors (Lipinski definition) is 1. The Balaban J connectivity index is 2.82. The van der Waals surface area contributed by atoms with E-state index in [4.69, 9.17) is 11.3 Å². The lowest BCUT2D eigenvalue weighted by Gasteiger charge is -2.34. The SMILES string of the molecule is CC12CCC(C(N)=O)(C(=[N+]=[N-])C1=O)C2(C)C. The fourth-order valence-electron chi connectivity index (χ4n) is 3.48. The molecular weight excluding hydrogens is 206 g/mol. The molecule has 0 aromatic carbocycles. The summed E-state index contributed by atoms with van der Waals surface area (Å²) in [6.07, 6.45) is 1.10. The van der Waals surface area contributed by atoms with Crippen LogP contribution in [0.1, 0.15) is 33.6 Å². The van der Waals surface area contributed by atoms with E-state index in [1.807, 2.05) is 20.8 Å². The summed E-state index contributed by atoms with van der Waals surface area (Å²) in [5.74, 6) is -0.815. The molecule has 0 aromatic rings. The minimum Gasteiger partial charge on any atom is -0.369 e. The number of carbonyl (C=O) groups excluding carboxylic acids is 2. The van der Waals surface area contributed by atoms with Gasteiger partial charge in [-0.25, -0.2) is 0 Å². The highest BCUT2D eigenvalue weighted by Crippen LogP contribution is 2.68. The molecule has 16 heavy (non-hydrogen) atoms. The van der Waals surface area contributed by atoms with Gasteiger partial charge in [0, 0.05) is 10.8 Å². The van der Waals surface area contributed by atoms with Gasteiger partial charge in [-0.2, -0.15) is 4.79 Å². The van der Waals surface area contributed by atoms with Crippen molar-refractivity contribution in [3.05, 3.63) is 5.53 Å². The maximum atomic E-state index is 12.1. The molecule has 2 fully saturated rings. The smallest absolute Gasteiger partial charge is 0.350 e. The van der Waals surface area contributed by atoms with Crippen LogP contribution in [-0.4, -0.2) is 22.2 Å². The molecule has 2 saturated carbocycles. The van der Waals surface area contributed by atoms with E-state index in [9.17, 15) is 9.59 Å². The average molecular weight is 221 g/mol. The average Bonchev–Trinajstić information content (AvgIpc) is 2.47. The molecule has 5 nitrogen and oxygen atoms in total. The Morgan fingerprint density at radius 3 is 2.31 bits per heavy atom. The van der Waals surface area contributed by atoms with E-state index in [0.29, 0.717) is 12.8 Å². The Labute approximate surface area is 93.6 Å². The van der Waals surface area contributed by atoms with Crippen LogP contribution in [-0.2, 0) is 9.59 Å². The number of carbonyl (C=O) groups is 2. The van der Waals surface area contributed by atoms with Crippen LogP contribution in [0.5, 0.6) is 0 Å². The van der Waals surface area contributed by atoms with Crippen LogP contribution in [0.15, 0.2) is 0 Å². The summed E-state index contributed by atoms with van der Waals surface area (Å²) in [6.45, 7) is 5.51. The highest BCUT2D eigenvalue weighted by Gasteiger charge is 2.80. The molecule has 0 aliphatic heterocycles. The van der Waals surface area contributed by atoms with E-state index >= 15 is 0 Å². The molecule has 2 aliphatic carbocycles. The second kappa shape index (κ2) is 2.61. The van der Waals surface area contributed by atoms with Crippen molar-refractivity contribution >= 4 is 17.4 Å². The van der Waals surface area contributed by atoms with Crippen molar-refractivity contribution in [2.45, 2.75) is 33.6 Å². The minimum atomic E-state index is -1.10. The van der Waals surface area contributed by atoms with Crippen molar-refractivity contribution in [2.24, 2.45) is 22.0 Å². The van der Waals surface area contributed by atoms with Crippen LogP contribution in [0.3, 0.4) is 0 Å². The van der Waals surface area contributed by atoms with E-state index in [-0.39, 0.29) is 11.5 Å². The highest BCUT2D eigenvalue weighted by atomic mass is 16.2. The zero-order chi connectivity index (χ0) is 12.4. The number of Topliss-reactive ketones (excluding diaryl/α,β-unsaturated/α-hetero) is 1. The predicted molar refractivity (Wildman–Crippen MR) is 56.4 cm³/mol. The van der Waals surface area contributed by atoms with Crippen molar-refractivity contribution in [3.63, 3.8) is 0 Å². The second-order valence-corrected chi connectivity index (χ2v) is 5.50. The molecule has 1 amide bonds. The number of nitrogens with two attached hydrogens (primary N) is 1. The van der Waals surface area contributed by atoms with Crippen LogP contribution in [0, 0.1) is 16.2 Å². The van der Waals surface area contributed by atoms with Gasteiger partial charge < -0.3 is 11.3 Å². The molecule has 0 radical (unpaired) electrons. The number of fused-ring (bicyclic) bond motifs is 2. The molecule has 86 valence electrons. The number of rotatable bonds is 1. The topological polar surface area (TPSA) is 96.6 Å². The molecule has 2 unspecified atom stereocenters. The standard InChI is InChI=1S/C11H15N3O2/c1-9(2)10(3)4-5-11(9,8(12)16)6(14-13)7(10)15/h4-5H2,1-3H3,(H2,12,16). The summed E-state index contributed by atoms with van der Waals surface area (Å²) < 4.78 is 0. The molecule has 2 N–H and O–H groups in total. The zero-order valence-corrected chi connectivity index (χ0v) is 9.70. The number of ketones is 1. The van der Waals surface area contributed by atoms with E-state index in [1.54, 1.807) is 0 Å². The maximum Gasteiger partial charge on any atom is 0.350 e. The van der Waals surface area contributed by atoms with Gasteiger partial charge in [0.25, 0.3) is 0 Å². The lowest BCUT2D eigenvalue weighted by Crippen LogP contribution is -2.48. The predicted octanol–water partition coefficient (Wildman–Crippen LogP) is 0.538. The Morgan fingerprint density at radius 2 is 1.94 bits per heavy atom.